The lowest BCUT2D eigenvalue weighted by Gasteiger charge is -2.32. The fourth-order valence-corrected chi connectivity index (χ4v) is 5.20. The van der Waals surface area contributed by atoms with Gasteiger partial charge in [-0.3, -0.25) is 9.59 Å². The highest BCUT2D eigenvalue weighted by Gasteiger charge is 2.28. The minimum absolute atomic E-state index is 0.0254. The number of carbonyl (C=O) groups is 2. The summed E-state index contributed by atoms with van der Waals surface area (Å²) in [5, 5.41) is 5.63. The molecule has 0 bridgehead atoms. The van der Waals surface area contributed by atoms with Crippen LogP contribution >= 0.6 is 0 Å². The summed E-state index contributed by atoms with van der Waals surface area (Å²) in [6.07, 6.45) is 7.55. The molecule has 41 heavy (non-hydrogen) atoms. The number of anilines is 1. The van der Waals surface area contributed by atoms with Crippen molar-refractivity contribution in [2.45, 2.75) is 38.1 Å². The number of allylic oxidation sites excluding steroid dienone is 1. The van der Waals surface area contributed by atoms with Crippen molar-refractivity contribution in [2.75, 3.05) is 33.0 Å². The van der Waals surface area contributed by atoms with Crippen LogP contribution in [0.4, 0.5) is 5.82 Å². The zero-order valence-electron chi connectivity index (χ0n) is 23.3. The number of nitrogens with zero attached hydrogens (tertiary/aromatic N) is 5. The number of methoxy groups -OCH3 is 2. The molecule has 1 aliphatic rings. The number of ketones is 1. The second kappa shape index (κ2) is 12.6. The van der Waals surface area contributed by atoms with Crippen LogP contribution in [0.25, 0.3) is 28.4 Å². The Morgan fingerprint density at radius 1 is 1.00 bits per heavy atom. The van der Waals surface area contributed by atoms with E-state index < -0.39 is 0 Å². The van der Waals surface area contributed by atoms with Gasteiger partial charge in [0, 0.05) is 31.5 Å². The SMILES string of the molecule is COc1ccc(-c2nn(C3CCN(C(=O)CCCC(=O)C=Cc4ccccc4)CC3)c3ncnc(N)c23)cc1OC. The van der Waals surface area contributed by atoms with E-state index in [1.807, 2.05) is 64.2 Å². The third-order valence-electron chi connectivity index (χ3n) is 7.41. The molecule has 3 heterocycles. The molecule has 0 unspecified atom stereocenters. The quantitative estimate of drug-likeness (QED) is 0.280. The van der Waals surface area contributed by atoms with Gasteiger partial charge in [0.25, 0.3) is 0 Å². The van der Waals surface area contributed by atoms with E-state index in [2.05, 4.69) is 9.97 Å². The van der Waals surface area contributed by atoms with Crippen molar-refractivity contribution in [1.82, 2.24) is 24.6 Å². The largest absolute Gasteiger partial charge is 0.493 e. The highest BCUT2D eigenvalue weighted by atomic mass is 16.5. The summed E-state index contributed by atoms with van der Waals surface area (Å²) in [6, 6.07) is 15.3. The summed E-state index contributed by atoms with van der Waals surface area (Å²) in [7, 11) is 3.18. The number of carbonyl (C=O) groups excluding carboxylic acids is 2. The summed E-state index contributed by atoms with van der Waals surface area (Å²) >= 11 is 0. The Bertz CT molecular complexity index is 1560. The van der Waals surface area contributed by atoms with Crippen molar-refractivity contribution in [3.05, 3.63) is 66.5 Å². The van der Waals surface area contributed by atoms with Gasteiger partial charge in [0.05, 0.1) is 25.6 Å². The molecule has 4 aromatic rings. The molecular weight excluding hydrogens is 520 g/mol. The number of piperidine rings is 1. The number of rotatable bonds is 10. The van der Waals surface area contributed by atoms with Gasteiger partial charge in [-0.15, -0.1) is 0 Å². The molecule has 2 aromatic heterocycles. The first kappa shape index (κ1) is 27.8. The van der Waals surface area contributed by atoms with Crippen LogP contribution in [0.2, 0.25) is 0 Å². The molecule has 0 saturated carbocycles. The lowest BCUT2D eigenvalue weighted by Crippen LogP contribution is -2.39. The molecule has 0 spiro atoms. The van der Waals surface area contributed by atoms with Crippen LogP contribution < -0.4 is 15.2 Å². The van der Waals surface area contributed by atoms with Crippen molar-refractivity contribution in [3.63, 3.8) is 0 Å². The van der Waals surface area contributed by atoms with Crippen LogP contribution in [-0.2, 0) is 9.59 Å². The molecule has 2 N–H and O–H groups in total. The first-order valence-corrected chi connectivity index (χ1v) is 13.7. The summed E-state index contributed by atoms with van der Waals surface area (Å²) in [5.74, 6) is 1.66. The number of hydrogen-bond donors (Lipinski definition) is 1. The van der Waals surface area contributed by atoms with Crippen LogP contribution in [0.1, 0.15) is 43.7 Å². The lowest BCUT2D eigenvalue weighted by atomic mass is 10.0. The number of ether oxygens (including phenoxy) is 2. The standard InChI is InChI=1S/C31H34N6O4/c1-40-25-14-12-22(19-26(25)41-2)29-28-30(32)33-20-34-31(28)37(35-29)23-15-17-36(18-16-23)27(39)10-6-9-24(38)13-11-21-7-4-3-5-8-21/h3-5,7-8,11-14,19-20,23H,6,9-10,15-18H2,1-2H3,(H2,32,33,34). The van der Waals surface area contributed by atoms with Crippen LogP contribution in [0.15, 0.2) is 60.9 Å². The average Bonchev–Trinajstić information content (AvgIpc) is 3.41. The van der Waals surface area contributed by atoms with Gasteiger partial charge in [-0.25, -0.2) is 14.6 Å². The molecule has 1 saturated heterocycles. The van der Waals surface area contributed by atoms with E-state index in [9.17, 15) is 9.59 Å². The molecule has 10 heteroatoms. The van der Waals surface area contributed by atoms with Gasteiger partial charge in [-0.05, 0) is 49.1 Å². The highest BCUT2D eigenvalue weighted by molar-refractivity contribution is 5.98. The average molecular weight is 555 g/mol. The molecule has 0 atom stereocenters. The maximum absolute atomic E-state index is 12.9. The molecule has 1 fully saturated rings. The van der Waals surface area contributed by atoms with Gasteiger partial charge < -0.3 is 20.1 Å². The number of nitrogen functional groups attached to an aromatic ring is 1. The number of nitrogens with two attached hydrogens (primary N) is 1. The fourth-order valence-electron chi connectivity index (χ4n) is 5.20. The molecule has 1 aliphatic heterocycles. The monoisotopic (exact) mass is 554 g/mol. The zero-order valence-corrected chi connectivity index (χ0v) is 23.3. The molecule has 5 rings (SSSR count). The van der Waals surface area contributed by atoms with Crippen molar-refractivity contribution in [2.24, 2.45) is 0 Å². The summed E-state index contributed by atoms with van der Waals surface area (Å²) < 4.78 is 12.8. The zero-order chi connectivity index (χ0) is 28.8. The number of benzene rings is 2. The van der Waals surface area contributed by atoms with Gasteiger partial charge in [-0.2, -0.15) is 5.10 Å². The van der Waals surface area contributed by atoms with Crippen LogP contribution in [-0.4, -0.2) is 63.6 Å². The molecule has 0 radical (unpaired) electrons. The van der Waals surface area contributed by atoms with E-state index in [0.717, 1.165) is 24.0 Å². The van der Waals surface area contributed by atoms with Crippen molar-refractivity contribution in [3.8, 4) is 22.8 Å². The molecule has 1 amide bonds. The Hall–Kier alpha value is -4.73. The van der Waals surface area contributed by atoms with Gasteiger partial charge >= 0.3 is 0 Å². The molecule has 212 valence electrons. The summed E-state index contributed by atoms with van der Waals surface area (Å²) in [5.41, 5.74) is 9.43. The van der Waals surface area contributed by atoms with E-state index >= 15 is 0 Å². The van der Waals surface area contributed by atoms with Gasteiger partial charge in [0.1, 0.15) is 17.8 Å². The van der Waals surface area contributed by atoms with Gasteiger partial charge in [0.2, 0.25) is 5.91 Å². The van der Waals surface area contributed by atoms with Crippen molar-refractivity contribution in [1.29, 1.82) is 0 Å². The Kier molecular flexibility index (Phi) is 8.57. The van der Waals surface area contributed by atoms with E-state index in [0.29, 0.717) is 66.4 Å². The van der Waals surface area contributed by atoms with Crippen LogP contribution in [0, 0.1) is 0 Å². The van der Waals surface area contributed by atoms with Crippen molar-refractivity contribution < 1.29 is 19.1 Å². The highest BCUT2D eigenvalue weighted by Crippen LogP contribution is 2.37. The predicted octanol–water partition coefficient (Wildman–Crippen LogP) is 4.71. The maximum atomic E-state index is 12.9. The van der Waals surface area contributed by atoms with E-state index in [4.69, 9.17) is 20.3 Å². The normalized spacial score (nSPS) is 14.0. The molecule has 10 nitrogen and oxygen atoms in total. The van der Waals surface area contributed by atoms with Gasteiger partial charge in [0.15, 0.2) is 22.9 Å². The Morgan fingerprint density at radius 3 is 2.49 bits per heavy atom. The Morgan fingerprint density at radius 2 is 1.76 bits per heavy atom. The summed E-state index contributed by atoms with van der Waals surface area (Å²) in [6.45, 7) is 1.22. The first-order chi connectivity index (χ1) is 20.0. The maximum Gasteiger partial charge on any atom is 0.222 e. The second-order valence-electron chi connectivity index (χ2n) is 10.00. The smallest absolute Gasteiger partial charge is 0.222 e. The number of hydrogen-bond acceptors (Lipinski definition) is 8. The third kappa shape index (κ3) is 6.21. The van der Waals surface area contributed by atoms with E-state index in [1.165, 1.54) is 6.33 Å². The fraction of sp³-hybridized carbons (Fsp3) is 0.323. The number of likely N-dealkylation sites (tertiary alicyclic amines) is 1. The lowest BCUT2D eigenvalue weighted by molar-refractivity contribution is -0.132. The van der Waals surface area contributed by atoms with E-state index in [1.54, 1.807) is 20.3 Å². The number of aromatic nitrogens is 4. The minimum atomic E-state index is 0.0254. The molecule has 2 aromatic carbocycles. The van der Waals surface area contributed by atoms with Crippen molar-refractivity contribution >= 4 is 34.6 Å². The number of amides is 1. The van der Waals surface area contributed by atoms with Crippen LogP contribution in [0.3, 0.4) is 0 Å². The topological polar surface area (TPSA) is 125 Å². The minimum Gasteiger partial charge on any atom is -0.493 e. The Labute approximate surface area is 238 Å². The Balaban J connectivity index is 1.22. The number of fused-ring (bicyclic) bond motifs is 1. The van der Waals surface area contributed by atoms with Crippen LogP contribution in [0.5, 0.6) is 11.5 Å². The first-order valence-electron chi connectivity index (χ1n) is 13.7. The third-order valence-corrected chi connectivity index (χ3v) is 7.41. The molecule has 0 aliphatic carbocycles. The van der Waals surface area contributed by atoms with Gasteiger partial charge in [-0.1, -0.05) is 36.4 Å². The summed E-state index contributed by atoms with van der Waals surface area (Å²) in [4.78, 5) is 35.7. The van der Waals surface area contributed by atoms with E-state index in [-0.39, 0.29) is 17.7 Å². The predicted molar refractivity (Wildman–Crippen MR) is 157 cm³/mol. The second-order valence-corrected chi connectivity index (χ2v) is 10.00. The molecular formula is C31H34N6O4.